The Balaban J connectivity index is 2.24. The van der Waals surface area contributed by atoms with Crippen LogP contribution in [0.25, 0.3) is 0 Å². The van der Waals surface area contributed by atoms with Crippen molar-refractivity contribution >= 4 is 5.91 Å². The van der Waals surface area contributed by atoms with E-state index < -0.39 is 0 Å². The van der Waals surface area contributed by atoms with E-state index in [-0.39, 0.29) is 11.8 Å². The lowest BCUT2D eigenvalue weighted by molar-refractivity contribution is -0.131. The van der Waals surface area contributed by atoms with Crippen molar-refractivity contribution in [3.8, 4) is 11.5 Å². The number of carbonyl (C=O) groups is 1. The Morgan fingerprint density at radius 3 is 2.65 bits per heavy atom. The Bertz CT molecular complexity index is 432. The minimum Gasteiger partial charge on any atom is -0.486 e. The van der Waals surface area contributed by atoms with Crippen molar-refractivity contribution in [1.82, 2.24) is 5.01 Å². The first kappa shape index (κ1) is 11.7. The molecule has 1 amide bonds. The van der Waals surface area contributed by atoms with Crippen LogP contribution < -0.4 is 15.3 Å². The molecule has 2 N–H and O–H groups in total. The number of rotatable bonds is 2. The van der Waals surface area contributed by atoms with Crippen LogP contribution in [-0.4, -0.2) is 31.2 Å². The molecule has 0 aromatic heterocycles. The fourth-order valence-electron chi connectivity index (χ4n) is 1.78. The Kier molecular flexibility index (Phi) is 3.19. The van der Waals surface area contributed by atoms with Gasteiger partial charge >= 0.3 is 0 Å². The highest BCUT2D eigenvalue weighted by molar-refractivity contribution is 5.82. The quantitative estimate of drug-likeness (QED) is 0.470. The van der Waals surface area contributed by atoms with E-state index in [9.17, 15) is 4.79 Å². The van der Waals surface area contributed by atoms with Crippen LogP contribution in [0.1, 0.15) is 18.4 Å². The highest BCUT2D eigenvalue weighted by Crippen LogP contribution is 2.33. The lowest BCUT2D eigenvalue weighted by Crippen LogP contribution is -2.36. The van der Waals surface area contributed by atoms with Gasteiger partial charge < -0.3 is 9.47 Å². The number of ether oxygens (including phenoxy) is 2. The molecule has 2 rings (SSSR count). The smallest absolute Gasteiger partial charge is 0.243 e. The average Bonchev–Trinajstić information content (AvgIpc) is 2.36. The van der Waals surface area contributed by atoms with Gasteiger partial charge in [-0.15, -0.1) is 0 Å². The maximum Gasteiger partial charge on any atom is 0.243 e. The van der Waals surface area contributed by atoms with Gasteiger partial charge in [-0.25, -0.2) is 5.84 Å². The second-order valence-electron chi connectivity index (χ2n) is 4.07. The largest absolute Gasteiger partial charge is 0.486 e. The van der Waals surface area contributed by atoms with E-state index in [1.165, 1.54) is 7.05 Å². The molecule has 0 radical (unpaired) electrons. The summed E-state index contributed by atoms with van der Waals surface area (Å²) in [7, 11) is 1.54. The van der Waals surface area contributed by atoms with E-state index in [1.807, 2.05) is 25.1 Å². The third-order valence-electron chi connectivity index (χ3n) is 2.78. The van der Waals surface area contributed by atoms with Crippen molar-refractivity contribution < 1.29 is 14.3 Å². The first-order valence-corrected chi connectivity index (χ1v) is 5.51. The summed E-state index contributed by atoms with van der Waals surface area (Å²) in [5.74, 6) is 6.42. The van der Waals surface area contributed by atoms with E-state index in [0.29, 0.717) is 19.0 Å². The van der Waals surface area contributed by atoms with Crippen LogP contribution in [0.5, 0.6) is 11.5 Å². The maximum absolute atomic E-state index is 11.7. The fraction of sp³-hybridized carbons (Fsp3) is 0.417. The van der Waals surface area contributed by atoms with Crippen LogP contribution in [0, 0.1) is 0 Å². The molecule has 17 heavy (non-hydrogen) atoms. The standard InChI is InChI=1S/C12H16N2O3/c1-8(12(15)14(2)13)9-3-4-10-11(7-9)17-6-5-16-10/h3-4,7-8H,5-6,13H2,1-2H3. The Labute approximate surface area is 100 Å². The first-order valence-electron chi connectivity index (χ1n) is 5.51. The second kappa shape index (κ2) is 4.63. The maximum atomic E-state index is 11.7. The van der Waals surface area contributed by atoms with E-state index in [1.54, 1.807) is 0 Å². The van der Waals surface area contributed by atoms with Gasteiger partial charge in [-0.05, 0) is 24.6 Å². The zero-order chi connectivity index (χ0) is 12.4. The van der Waals surface area contributed by atoms with Crippen LogP contribution in [0.3, 0.4) is 0 Å². The van der Waals surface area contributed by atoms with Crippen LogP contribution >= 0.6 is 0 Å². The van der Waals surface area contributed by atoms with Crippen LogP contribution in [-0.2, 0) is 4.79 Å². The summed E-state index contributed by atoms with van der Waals surface area (Å²) in [4.78, 5) is 11.7. The number of amides is 1. The summed E-state index contributed by atoms with van der Waals surface area (Å²) in [6.45, 7) is 2.92. The second-order valence-corrected chi connectivity index (χ2v) is 4.07. The van der Waals surface area contributed by atoms with Gasteiger partial charge in [0.1, 0.15) is 13.2 Å². The van der Waals surface area contributed by atoms with Crippen molar-refractivity contribution in [1.29, 1.82) is 0 Å². The molecule has 1 heterocycles. The number of hydrazine groups is 1. The molecule has 0 spiro atoms. The molecule has 92 valence electrons. The summed E-state index contributed by atoms with van der Waals surface area (Å²) >= 11 is 0. The SMILES string of the molecule is CC(C(=O)N(C)N)c1ccc2c(c1)OCCO2. The van der Waals surface area contributed by atoms with Gasteiger partial charge in [0.15, 0.2) is 11.5 Å². The summed E-state index contributed by atoms with van der Waals surface area (Å²) in [5, 5.41) is 1.10. The van der Waals surface area contributed by atoms with E-state index in [2.05, 4.69) is 0 Å². The molecule has 1 aliphatic rings. The van der Waals surface area contributed by atoms with Crippen molar-refractivity contribution in [2.45, 2.75) is 12.8 Å². The van der Waals surface area contributed by atoms with Gasteiger partial charge in [0.2, 0.25) is 5.91 Å². The summed E-state index contributed by atoms with van der Waals surface area (Å²) in [6.07, 6.45) is 0. The third-order valence-corrected chi connectivity index (χ3v) is 2.78. The van der Waals surface area contributed by atoms with Gasteiger partial charge in [0.05, 0.1) is 5.92 Å². The zero-order valence-electron chi connectivity index (χ0n) is 9.97. The number of carbonyl (C=O) groups excluding carboxylic acids is 1. The molecule has 1 atom stereocenters. The number of likely N-dealkylation sites (N-methyl/N-ethyl adjacent to an activating group) is 1. The average molecular weight is 236 g/mol. The van der Waals surface area contributed by atoms with E-state index in [0.717, 1.165) is 16.3 Å². The highest BCUT2D eigenvalue weighted by Gasteiger charge is 2.20. The van der Waals surface area contributed by atoms with Crippen LogP contribution in [0.4, 0.5) is 0 Å². The topological polar surface area (TPSA) is 64.8 Å². The molecule has 1 aliphatic heterocycles. The van der Waals surface area contributed by atoms with Crippen molar-refractivity contribution in [3.63, 3.8) is 0 Å². The summed E-state index contributed by atoms with van der Waals surface area (Å²) in [6, 6.07) is 5.52. The van der Waals surface area contributed by atoms with E-state index in [4.69, 9.17) is 15.3 Å². The Morgan fingerprint density at radius 2 is 2.00 bits per heavy atom. The van der Waals surface area contributed by atoms with E-state index >= 15 is 0 Å². The predicted octanol–water partition coefficient (Wildman–Crippen LogP) is 0.893. The molecule has 1 unspecified atom stereocenters. The number of nitrogens with zero attached hydrogens (tertiary/aromatic N) is 1. The normalized spacial score (nSPS) is 15.2. The number of fused-ring (bicyclic) bond motifs is 1. The monoisotopic (exact) mass is 236 g/mol. The van der Waals surface area contributed by atoms with Gasteiger partial charge in [-0.3, -0.25) is 9.80 Å². The summed E-state index contributed by atoms with van der Waals surface area (Å²) in [5.41, 5.74) is 0.872. The summed E-state index contributed by atoms with van der Waals surface area (Å²) < 4.78 is 10.9. The number of hydrogen-bond donors (Lipinski definition) is 1. The van der Waals surface area contributed by atoms with Crippen LogP contribution in [0.15, 0.2) is 18.2 Å². The molecular weight excluding hydrogens is 220 g/mol. The van der Waals surface area contributed by atoms with Crippen molar-refractivity contribution in [3.05, 3.63) is 23.8 Å². The van der Waals surface area contributed by atoms with Crippen LogP contribution in [0.2, 0.25) is 0 Å². The molecule has 0 saturated heterocycles. The van der Waals surface area contributed by atoms with Gasteiger partial charge in [0, 0.05) is 7.05 Å². The highest BCUT2D eigenvalue weighted by atomic mass is 16.6. The van der Waals surface area contributed by atoms with Gasteiger partial charge in [0.25, 0.3) is 0 Å². The molecule has 1 aromatic rings. The number of hydrogen-bond acceptors (Lipinski definition) is 4. The fourth-order valence-corrected chi connectivity index (χ4v) is 1.78. The Morgan fingerprint density at radius 1 is 1.35 bits per heavy atom. The molecule has 0 fully saturated rings. The molecule has 0 aliphatic carbocycles. The molecular formula is C12H16N2O3. The number of benzene rings is 1. The minimum atomic E-state index is -0.291. The first-order chi connectivity index (χ1) is 8.09. The zero-order valence-corrected chi connectivity index (χ0v) is 9.97. The van der Waals surface area contributed by atoms with Gasteiger partial charge in [-0.2, -0.15) is 0 Å². The van der Waals surface area contributed by atoms with Crippen molar-refractivity contribution in [2.75, 3.05) is 20.3 Å². The Hall–Kier alpha value is -1.75. The number of nitrogens with two attached hydrogens (primary N) is 1. The van der Waals surface area contributed by atoms with Crippen molar-refractivity contribution in [2.24, 2.45) is 5.84 Å². The minimum absolute atomic E-state index is 0.137. The predicted molar refractivity (Wildman–Crippen MR) is 62.8 cm³/mol. The third kappa shape index (κ3) is 2.34. The lowest BCUT2D eigenvalue weighted by atomic mass is 9.99. The lowest BCUT2D eigenvalue weighted by Gasteiger charge is -2.21. The molecule has 5 nitrogen and oxygen atoms in total. The molecule has 0 saturated carbocycles. The molecule has 1 aromatic carbocycles. The van der Waals surface area contributed by atoms with Gasteiger partial charge in [-0.1, -0.05) is 6.07 Å². The molecule has 5 heteroatoms. The molecule has 0 bridgehead atoms.